The maximum atomic E-state index is 2.73. The molecule has 2 saturated heterocycles. The molecule has 0 spiro atoms. The number of nitrogens with zero attached hydrogens (tertiary/aromatic N) is 2. The third-order valence-electron chi connectivity index (χ3n) is 4.25. The van der Waals surface area contributed by atoms with Crippen molar-refractivity contribution in [1.82, 2.24) is 9.80 Å². The van der Waals surface area contributed by atoms with Crippen LogP contribution in [0.15, 0.2) is 0 Å². The van der Waals surface area contributed by atoms with Gasteiger partial charge in [-0.25, -0.2) is 0 Å². The summed E-state index contributed by atoms with van der Waals surface area (Å²) in [5.41, 5.74) is 0. The van der Waals surface area contributed by atoms with Crippen LogP contribution in [-0.2, 0) is 0 Å². The zero-order valence-electron chi connectivity index (χ0n) is 10.7. The minimum atomic E-state index is 0.726. The van der Waals surface area contributed by atoms with Crippen LogP contribution in [0.3, 0.4) is 0 Å². The minimum Gasteiger partial charge on any atom is -0.299 e. The van der Waals surface area contributed by atoms with Crippen molar-refractivity contribution in [3.05, 3.63) is 0 Å². The van der Waals surface area contributed by atoms with Crippen molar-refractivity contribution in [1.29, 1.82) is 0 Å². The number of hydrogen-bond donors (Lipinski definition) is 0. The Morgan fingerprint density at radius 2 is 1.73 bits per heavy atom. The van der Waals surface area contributed by atoms with E-state index in [1.807, 2.05) is 0 Å². The van der Waals surface area contributed by atoms with Gasteiger partial charge in [0.1, 0.15) is 0 Å². The normalized spacial score (nSPS) is 34.0. The molecule has 0 radical (unpaired) electrons. The molecule has 0 aromatic heterocycles. The van der Waals surface area contributed by atoms with Gasteiger partial charge in [-0.05, 0) is 53.0 Å². The Hall–Kier alpha value is -0.0800. The van der Waals surface area contributed by atoms with Gasteiger partial charge in [0.2, 0.25) is 0 Å². The smallest absolute Gasteiger partial charge is 0.0266 e. The van der Waals surface area contributed by atoms with Crippen LogP contribution in [-0.4, -0.2) is 47.6 Å². The monoisotopic (exact) mass is 210 g/mol. The first-order chi connectivity index (χ1) is 7.09. The van der Waals surface area contributed by atoms with E-state index in [1.54, 1.807) is 0 Å². The molecular formula is C13H26N2. The molecule has 2 aliphatic rings. The van der Waals surface area contributed by atoms with Crippen molar-refractivity contribution in [2.45, 2.75) is 58.7 Å². The van der Waals surface area contributed by atoms with Crippen molar-refractivity contribution in [3.63, 3.8) is 0 Å². The highest BCUT2D eigenvalue weighted by atomic mass is 15.3. The molecule has 2 atom stereocenters. The van der Waals surface area contributed by atoms with Crippen LogP contribution in [0.5, 0.6) is 0 Å². The second kappa shape index (κ2) is 4.42. The Morgan fingerprint density at radius 3 is 2.33 bits per heavy atom. The van der Waals surface area contributed by atoms with Crippen LogP contribution >= 0.6 is 0 Å². The minimum absolute atomic E-state index is 0.726. The van der Waals surface area contributed by atoms with E-state index in [-0.39, 0.29) is 0 Å². The maximum Gasteiger partial charge on any atom is 0.0266 e. The fraction of sp³-hybridized carbons (Fsp3) is 1.00. The average molecular weight is 210 g/mol. The van der Waals surface area contributed by atoms with Crippen LogP contribution < -0.4 is 0 Å². The highest BCUT2D eigenvalue weighted by molar-refractivity contribution is 4.95. The summed E-state index contributed by atoms with van der Waals surface area (Å²) in [4.78, 5) is 5.40. The molecular weight excluding hydrogens is 184 g/mol. The van der Waals surface area contributed by atoms with Gasteiger partial charge in [-0.1, -0.05) is 0 Å². The highest BCUT2D eigenvalue weighted by Crippen LogP contribution is 2.32. The molecule has 0 aromatic rings. The van der Waals surface area contributed by atoms with Gasteiger partial charge >= 0.3 is 0 Å². The van der Waals surface area contributed by atoms with E-state index >= 15 is 0 Å². The van der Waals surface area contributed by atoms with Gasteiger partial charge in [-0.15, -0.1) is 0 Å². The first-order valence-electron chi connectivity index (χ1n) is 6.59. The SMILES string of the molecule is CC(C)N1CC2CCCN(C(C)C)C2C1. The van der Waals surface area contributed by atoms with Gasteiger partial charge in [0, 0.05) is 31.2 Å². The Balaban J connectivity index is 2.03. The molecule has 15 heavy (non-hydrogen) atoms. The standard InChI is InChI=1S/C13H26N2/c1-10(2)14-8-12-6-5-7-15(11(3)4)13(12)9-14/h10-13H,5-9H2,1-4H3. The summed E-state index contributed by atoms with van der Waals surface area (Å²) in [6.07, 6.45) is 2.86. The van der Waals surface area contributed by atoms with Crippen molar-refractivity contribution in [2.24, 2.45) is 5.92 Å². The molecule has 2 aliphatic heterocycles. The number of piperidine rings is 1. The zero-order valence-corrected chi connectivity index (χ0v) is 10.7. The van der Waals surface area contributed by atoms with E-state index in [4.69, 9.17) is 0 Å². The second-order valence-electron chi connectivity index (χ2n) is 5.85. The lowest BCUT2D eigenvalue weighted by Crippen LogP contribution is -2.48. The summed E-state index contributed by atoms with van der Waals surface area (Å²) in [6, 6.07) is 2.30. The van der Waals surface area contributed by atoms with Gasteiger partial charge in [0.25, 0.3) is 0 Å². The van der Waals surface area contributed by atoms with Gasteiger partial charge in [0.05, 0.1) is 0 Å². The Kier molecular flexibility index (Phi) is 3.36. The molecule has 2 heterocycles. The van der Waals surface area contributed by atoms with E-state index in [0.29, 0.717) is 0 Å². The molecule has 2 rings (SSSR count). The molecule has 0 aromatic carbocycles. The van der Waals surface area contributed by atoms with Gasteiger partial charge in [-0.2, -0.15) is 0 Å². The topological polar surface area (TPSA) is 6.48 Å². The Labute approximate surface area is 94.6 Å². The predicted molar refractivity (Wildman–Crippen MR) is 65.1 cm³/mol. The van der Waals surface area contributed by atoms with E-state index in [1.165, 1.54) is 32.5 Å². The van der Waals surface area contributed by atoms with Crippen LogP contribution in [0, 0.1) is 5.92 Å². The molecule has 2 unspecified atom stereocenters. The second-order valence-corrected chi connectivity index (χ2v) is 5.85. The Morgan fingerprint density at radius 1 is 1.00 bits per heavy atom. The third kappa shape index (κ3) is 2.21. The summed E-state index contributed by atoms with van der Waals surface area (Å²) in [7, 11) is 0. The highest BCUT2D eigenvalue weighted by Gasteiger charge is 2.40. The van der Waals surface area contributed by atoms with E-state index in [2.05, 4.69) is 37.5 Å². The van der Waals surface area contributed by atoms with Crippen LogP contribution in [0.25, 0.3) is 0 Å². The van der Waals surface area contributed by atoms with Gasteiger partial charge in [0.15, 0.2) is 0 Å². The molecule has 88 valence electrons. The summed E-state index contributed by atoms with van der Waals surface area (Å²) >= 11 is 0. The van der Waals surface area contributed by atoms with Crippen molar-refractivity contribution < 1.29 is 0 Å². The average Bonchev–Trinajstić information content (AvgIpc) is 2.60. The summed E-state index contributed by atoms with van der Waals surface area (Å²) in [5.74, 6) is 0.948. The molecule has 0 aliphatic carbocycles. The first-order valence-corrected chi connectivity index (χ1v) is 6.59. The number of rotatable bonds is 2. The lowest BCUT2D eigenvalue weighted by atomic mass is 9.91. The van der Waals surface area contributed by atoms with Crippen LogP contribution in [0.1, 0.15) is 40.5 Å². The van der Waals surface area contributed by atoms with Gasteiger partial charge < -0.3 is 0 Å². The molecule has 0 bridgehead atoms. The summed E-state index contributed by atoms with van der Waals surface area (Å²) < 4.78 is 0. The fourth-order valence-corrected chi connectivity index (χ4v) is 3.31. The van der Waals surface area contributed by atoms with Crippen molar-refractivity contribution in [2.75, 3.05) is 19.6 Å². The molecule has 0 saturated carbocycles. The van der Waals surface area contributed by atoms with E-state index < -0.39 is 0 Å². The van der Waals surface area contributed by atoms with Crippen molar-refractivity contribution in [3.8, 4) is 0 Å². The van der Waals surface area contributed by atoms with Crippen molar-refractivity contribution >= 4 is 0 Å². The number of likely N-dealkylation sites (tertiary alicyclic amines) is 2. The molecule has 2 nitrogen and oxygen atoms in total. The molecule has 0 amide bonds. The van der Waals surface area contributed by atoms with Crippen LogP contribution in [0.2, 0.25) is 0 Å². The molecule has 0 N–H and O–H groups in total. The third-order valence-corrected chi connectivity index (χ3v) is 4.25. The first kappa shape index (κ1) is 11.4. The predicted octanol–water partition coefficient (Wildman–Crippen LogP) is 2.20. The lowest BCUT2D eigenvalue weighted by Gasteiger charge is -2.39. The number of fused-ring (bicyclic) bond motifs is 1. The maximum absolute atomic E-state index is 2.73. The lowest BCUT2D eigenvalue weighted by molar-refractivity contribution is 0.0905. The molecule has 2 fully saturated rings. The largest absolute Gasteiger partial charge is 0.299 e. The zero-order chi connectivity index (χ0) is 11.0. The van der Waals surface area contributed by atoms with E-state index in [9.17, 15) is 0 Å². The molecule has 2 heteroatoms. The fourth-order valence-electron chi connectivity index (χ4n) is 3.31. The number of hydrogen-bond acceptors (Lipinski definition) is 2. The summed E-state index contributed by atoms with van der Waals surface area (Å²) in [5, 5.41) is 0. The summed E-state index contributed by atoms with van der Waals surface area (Å²) in [6.45, 7) is 13.3. The Bertz CT molecular complexity index is 213. The van der Waals surface area contributed by atoms with Gasteiger partial charge in [-0.3, -0.25) is 9.80 Å². The van der Waals surface area contributed by atoms with E-state index in [0.717, 1.165) is 24.0 Å². The van der Waals surface area contributed by atoms with Crippen LogP contribution in [0.4, 0.5) is 0 Å². The quantitative estimate of drug-likeness (QED) is 0.689.